The number of anilines is 2. The van der Waals surface area contributed by atoms with Gasteiger partial charge in [0, 0.05) is 12.6 Å². The topological polar surface area (TPSA) is 99.8 Å². The number of hydrogen-bond donors (Lipinski definition) is 4. The van der Waals surface area contributed by atoms with Gasteiger partial charge in [-0.1, -0.05) is 13.8 Å². The Morgan fingerprint density at radius 2 is 2.29 bits per heavy atom. The molecule has 1 aromatic rings. The van der Waals surface area contributed by atoms with Crippen molar-refractivity contribution in [3.05, 3.63) is 0 Å². The molecule has 1 atom stereocenters. The van der Waals surface area contributed by atoms with Gasteiger partial charge in [0.05, 0.1) is 0 Å². The van der Waals surface area contributed by atoms with Gasteiger partial charge in [-0.15, -0.1) is 5.10 Å². The number of H-pyrrole nitrogens is 1. The van der Waals surface area contributed by atoms with E-state index in [0.29, 0.717) is 24.2 Å². The summed E-state index contributed by atoms with van der Waals surface area (Å²) in [6, 6.07) is 0.162. The van der Waals surface area contributed by atoms with Crippen LogP contribution in [0.5, 0.6) is 0 Å². The van der Waals surface area contributed by atoms with Gasteiger partial charge in [-0.25, -0.2) is 5.10 Å². The lowest BCUT2D eigenvalue weighted by molar-refractivity contribution is 0.267. The molecular weight excluding hydrogens is 182 g/mol. The van der Waals surface area contributed by atoms with Gasteiger partial charge in [-0.05, 0) is 12.3 Å². The minimum atomic E-state index is 0.149. The molecule has 80 valence electrons. The van der Waals surface area contributed by atoms with Crippen molar-refractivity contribution in [2.24, 2.45) is 5.92 Å². The first kappa shape index (κ1) is 10.8. The van der Waals surface area contributed by atoms with Crippen LogP contribution in [-0.2, 0) is 0 Å². The molecule has 0 fully saturated rings. The lowest BCUT2D eigenvalue weighted by Gasteiger charge is -2.20. The maximum atomic E-state index is 8.86. The first-order valence-electron chi connectivity index (χ1n) is 4.68. The molecule has 0 aliphatic rings. The number of aromatic nitrogens is 3. The van der Waals surface area contributed by atoms with E-state index in [4.69, 9.17) is 10.8 Å². The molecule has 0 amide bonds. The van der Waals surface area contributed by atoms with Crippen LogP contribution in [0, 0.1) is 5.92 Å². The van der Waals surface area contributed by atoms with Crippen molar-refractivity contribution >= 4 is 11.9 Å². The molecule has 0 aliphatic carbocycles. The molecule has 0 saturated heterocycles. The summed E-state index contributed by atoms with van der Waals surface area (Å²) in [5.41, 5.74) is 5.39. The van der Waals surface area contributed by atoms with Crippen molar-refractivity contribution in [2.45, 2.75) is 26.3 Å². The molecule has 5 N–H and O–H groups in total. The van der Waals surface area contributed by atoms with E-state index in [9.17, 15) is 0 Å². The molecule has 0 aromatic carbocycles. The third kappa shape index (κ3) is 2.88. The second-order valence-electron chi connectivity index (χ2n) is 3.55. The van der Waals surface area contributed by atoms with Crippen LogP contribution >= 0.6 is 0 Å². The Kier molecular flexibility index (Phi) is 3.70. The third-order valence-corrected chi connectivity index (χ3v) is 2.06. The lowest BCUT2D eigenvalue weighted by atomic mass is 10.0. The molecule has 1 unspecified atom stereocenters. The zero-order valence-electron chi connectivity index (χ0n) is 8.49. The van der Waals surface area contributed by atoms with Crippen molar-refractivity contribution in [3.63, 3.8) is 0 Å². The number of rotatable bonds is 5. The average Bonchev–Trinajstić information content (AvgIpc) is 2.50. The monoisotopic (exact) mass is 199 g/mol. The molecule has 0 aliphatic heterocycles. The highest BCUT2D eigenvalue weighted by Gasteiger charge is 2.14. The average molecular weight is 199 g/mol. The number of nitrogens with two attached hydrogens (primary N) is 1. The number of aliphatic hydroxyl groups excluding tert-OH is 1. The van der Waals surface area contributed by atoms with E-state index in [-0.39, 0.29) is 12.6 Å². The molecule has 0 radical (unpaired) electrons. The van der Waals surface area contributed by atoms with Crippen LogP contribution in [-0.4, -0.2) is 32.9 Å². The number of aromatic amines is 1. The maximum Gasteiger partial charge on any atom is 0.243 e. The molecule has 0 saturated carbocycles. The van der Waals surface area contributed by atoms with E-state index in [0.717, 1.165) is 0 Å². The Balaban J connectivity index is 2.55. The van der Waals surface area contributed by atoms with Crippen molar-refractivity contribution in [2.75, 3.05) is 17.7 Å². The van der Waals surface area contributed by atoms with E-state index in [1.807, 2.05) is 0 Å². The normalized spacial score (nSPS) is 13.1. The summed E-state index contributed by atoms with van der Waals surface area (Å²) in [5, 5.41) is 18.4. The Labute approximate surface area is 82.9 Å². The molecule has 6 heteroatoms. The summed E-state index contributed by atoms with van der Waals surface area (Å²) in [7, 11) is 0. The number of hydrogen-bond acceptors (Lipinski definition) is 5. The van der Waals surface area contributed by atoms with Gasteiger partial charge in [0.25, 0.3) is 0 Å². The second kappa shape index (κ2) is 4.80. The Bertz CT molecular complexity index is 272. The van der Waals surface area contributed by atoms with Gasteiger partial charge in [-0.2, -0.15) is 4.98 Å². The van der Waals surface area contributed by atoms with E-state index in [2.05, 4.69) is 34.3 Å². The van der Waals surface area contributed by atoms with Crippen LogP contribution in [0.1, 0.15) is 20.3 Å². The highest BCUT2D eigenvalue weighted by Crippen LogP contribution is 2.11. The van der Waals surface area contributed by atoms with Gasteiger partial charge >= 0.3 is 0 Å². The highest BCUT2D eigenvalue weighted by atomic mass is 16.3. The van der Waals surface area contributed by atoms with Crippen molar-refractivity contribution < 1.29 is 5.11 Å². The molecule has 14 heavy (non-hydrogen) atoms. The second-order valence-corrected chi connectivity index (χ2v) is 3.55. The molecule has 1 aromatic heterocycles. The molecule has 6 nitrogen and oxygen atoms in total. The van der Waals surface area contributed by atoms with Crippen LogP contribution in [0.2, 0.25) is 0 Å². The quantitative estimate of drug-likeness (QED) is 0.543. The predicted octanol–water partition coefficient (Wildman–Crippen LogP) is 0.206. The fourth-order valence-electron chi connectivity index (χ4n) is 1.22. The summed E-state index contributed by atoms with van der Waals surface area (Å²) >= 11 is 0. The molecule has 0 spiro atoms. The lowest BCUT2D eigenvalue weighted by Crippen LogP contribution is -2.27. The van der Waals surface area contributed by atoms with Gasteiger partial charge < -0.3 is 16.2 Å². The molecule has 1 rings (SSSR count). The smallest absolute Gasteiger partial charge is 0.243 e. The van der Waals surface area contributed by atoms with Gasteiger partial charge in [0.15, 0.2) is 0 Å². The summed E-state index contributed by atoms with van der Waals surface area (Å²) in [6.07, 6.45) is 0.673. The van der Waals surface area contributed by atoms with E-state index >= 15 is 0 Å². The number of nitrogens with one attached hydrogen (secondary N) is 2. The van der Waals surface area contributed by atoms with Crippen LogP contribution in [0.3, 0.4) is 0 Å². The number of nitrogens with zero attached hydrogens (tertiary/aromatic N) is 2. The Morgan fingerprint density at radius 3 is 2.71 bits per heavy atom. The molecular formula is C8H17N5O. The van der Waals surface area contributed by atoms with Crippen molar-refractivity contribution in [1.29, 1.82) is 0 Å². The van der Waals surface area contributed by atoms with Gasteiger partial charge in [-0.3, -0.25) is 0 Å². The predicted molar refractivity (Wildman–Crippen MR) is 54.7 cm³/mol. The molecule has 0 bridgehead atoms. The largest absolute Gasteiger partial charge is 0.396 e. The summed E-state index contributed by atoms with van der Waals surface area (Å²) in [6.45, 7) is 4.29. The van der Waals surface area contributed by atoms with Crippen LogP contribution in [0.25, 0.3) is 0 Å². The highest BCUT2D eigenvalue weighted by molar-refractivity contribution is 5.30. The number of aliphatic hydroxyl groups is 1. The molecule has 1 heterocycles. The standard InChI is InChI=1S/C8H17N5O/c1-5(2)6(3-4-14)10-8-11-7(9)12-13-8/h5-6,14H,3-4H2,1-2H3,(H4,9,10,11,12,13). The summed E-state index contributed by atoms with van der Waals surface area (Å²) in [5.74, 6) is 1.18. The minimum absolute atomic E-state index is 0.149. The first-order chi connectivity index (χ1) is 6.63. The van der Waals surface area contributed by atoms with Crippen LogP contribution in [0.15, 0.2) is 0 Å². The van der Waals surface area contributed by atoms with Crippen molar-refractivity contribution in [1.82, 2.24) is 15.2 Å². The van der Waals surface area contributed by atoms with E-state index < -0.39 is 0 Å². The van der Waals surface area contributed by atoms with Crippen molar-refractivity contribution in [3.8, 4) is 0 Å². The third-order valence-electron chi connectivity index (χ3n) is 2.06. The van der Waals surface area contributed by atoms with Crippen LogP contribution < -0.4 is 11.1 Å². The summed E-state index contributed by atoms with van der Waals surface area (Å²) in [4.78, 5) is 3.93. The zero-order chi connectivity index (χ0) is 10.6. The van der Waals surface area contributed by atoms with Gasteiger partial charge in [0.1, 0.15) is 0 Å². The fourth-order valence-corrected chi connectivity index (χ4v) is 1.22. The van der Waals surface area contributed by atoms with Crippen LogP contribution in [0.4, 0.5) is 11.9 Å². The van der Waals surface area contributed by atoms with Gasteiger partial charge in [0.2, 0.25) is 11.9 Å². The van der Waals surface area contributed by atoms with E-state index in [1.54, 1.807) is 0 Å². The van der Waals surface area contributed by atoms with E-state index in [1.165, 1.54) is 0 Å². The maximum absolute atomic E-state index is 8.86. The first-order valence-corrected chi connectivity index (χ1v) is 4.68. The fraction of sp³-hybridized carbons (Fsp3) is 0.750. The number of nitrogen functional groups attached to an aromatic ring is 1. The Hall–Kier alpha value is -1.30. The summed E-state index contributed by atoms with van der Waals surface area (Å²) < 4.78 is 0. The zero-order valence-corrected chi connectivity index (χ0v) is 8.49. The minimum Gasteiger partial charge on any atom is -0.396 e. The SMILES string of the molecule is CC(C)C(CCO)Nc1n[nH]c(N)n1. The Morgan fingerprint density at radius 1 is 1.57 bits per heavy atom.